The van der Waals surface area contributed by atoms with Crippen molar-refractivity contribution in [3.05, 3.63) is 48.0 Å². The van der Waals surface area contributed by atoms with E-state index >= 15 is 0 Å². The summed E-state index contributed by atoms with van der Waals surface area (Å²) in [6.07, 6.45) is 1.86. The Morgan fingerprint density at radius 1 is 1.50 bits per heavy atom. The number of ether oxygens (including phenoxy) is 1. The van der Waals surface area contributed by atoms with Gasteiger partial charge in [-0.05, 0) is 24.9 Å². The van der Waals surface area contributed by atoms with Gasteiger partial charge in [-0.2, -0.15) is 0 Å². The topological polar surface area (TPSA) is 49.8 Å². The summed E-state index contributed by atoms with van der Waals surface area (Å²) < 4.78 is 4.76. The second kappa shape index (κ2) is 6.68. The van der Waals surface area contributed by atoms with Crippen LogP contribution in [0.4, 0.5) is 0 Å². The summed E-state index contributed by atoms with van der Waals surface area (Å²) in [4.78, 5) is 13.8. The highest BCUT2D eigenvalue weighted by Crippen LogP contribution is 2.32. The number of hydrogen-bond acceptors (Lipinski definition) is 4. The predicted molar refractivity (Wildman–Crippen MR) is 77.2 cm³/mol. The van der Waals surface area contributed by atoms with Crippen LogP contribution in [0, 0.1) is 0 Å². The molecule has 1 aliphatic rings. The van der Waals surface area contributed by atoms with Gasteiger partial charge in [0.1, 0.15) is 0 Å². The van der Waals surface area contributed by atoms with Gasteiger partial charge >= 0.3 is 5.97 Å². The zero-order valence-corrected chi connectivity index (χ0v) is 11.8. The van der Waals surface area contributed by atoms with Crippen molar-refractivity contribution in [3.8, 4) is 0 Å². The molecule has 0 aromatic heterocycles. The van der Waals surface area contributed by atoms with Gasteiger partial charge in [0.2, 0.25) is 0 Å². The second-order valence-electron chi connectivity index (χ2n) is 5.02. The van der Waals surface area contributed by atoms with Crippen LogP contribution < -0.4 is 0 Å². The Bertz CT molecular complexity index is 472. The van der Waals surface area contributed by atoms with Gasteiger partial charge in [0.05, 0.1) is 19.8 Å². The number of rotatable bonds is 5. The number of carbonyl (C=O) groups is 1. The lowest BCUT2D eigenvalue weighted by atomic mass is 10.0. The van der Waals surface area contributed by atoms with Gasteiger partial charge in [-0.25, -0.2) is 4.79 Å². The molecule has 0 unspecified atom stereocenters. The van der Waals surface area contributed by atoms with Gasteiger partial charge < -0.3 is 9.84 Å². The monoisotopic (exact) mass is 275 g/mol. The maximum Gasteiger partial charge on any atom is 0.334 e. The molecule has 108 valence electrons. The van der Waals surface area contributed by atoms with Crippen molar-refractivity contribution in [3.63, 3.8) is 0 Å². The summed E-state index contributed by atoms with van der Waals surface area (Å²) in [5.74, 6) is -0.369. The number of esters is 1. The average molecular weight is 275 g/mol. The summed E-state index contributed by atoms with van der Waals surface area (Å²) in [6, 6.07) is 9.70. The number of carbonyl (C=O) groups excluding carboxylic acids is 1. The Morgan fingerprint density at radius 2 is 2.20 bits per heavy atom. The van der Waals surface area contributed by atoms with Crippen molar-refractivity contribution >= 4 is 5.97 Å². The highest BCUT2D eigenvalue weighted by molar-refractivity contribution is 5.89. The third-order valence-corrected chi connectivity index (χ3v) is 3.90. The molecule has 1 fully saturated rings. The van der Waals surface area contributed by atoms with Crippen molar-refractivity contribution in [2.45, 2.75) is 24.9 Å². The summed E-state index contributed by atoms with van der Waals surface area (Å²) in [7, 11) is 1.37. The number of hydrogen-bond donors (Lipinski definition) is 1. The Balaban J connectivity index is 2.21. The third kappa shape index (κ3) is 2.92. The van der Waals surface area contributed by atoms with Crippen molar-refractivity contribution in [2.75, 3.05) is 20.3 Å². The number of methoxy groups -OCH3 is 1. The maximum atomic E-state index is 11.7. The molecule has 1 aromatic rings. The molecule has 20 heavy (non-hydrogen) atoms. The van der Waals surface area contributed by atoms with Crippen molar-refractivity contribution < 1.29 is 14.6 Å². The first-order chi connectivity index (χ1) is 9.69. The van der Waals surface area contributed by atoms with Crippen molar-refractivity contribution in [1.82, 2.24) is 4.90 Å². The van der Waals surface area contributed by atoms with Gasteiger partial charge in [0.25, 0.3) is 0 Å². The first-order valence-corrected chi connectivity index (χ1v) is 6.87. The standard InChI is InChI=1S/C16H21NO3/c1-12(16(19)20-2)14-9-6-10-17(14)15(11-18)13-7-4-3-5-8-13/h3-5,7-8,14-15,18H,1,6,9-11H2,2H3/t14-,15+/m1/s1. The molecular weight excluding hydrogens is 254 g/mol. The zero-order chi connectivity index (χ0) is 14.5. The Labute approximate surface area is 119 Å². The minimum atomic E-state index is -0.369. The van der Waals surface area contributed by atoms with E-state index in [-0.39, 0.29) is 24.7 Å². The van der Waals surface area contributed by atoms with Crippen molar-refractivity contribution in [1.29, 1.82) is 0 Å². The van der Waals surface area contributed by atoms with Crippen LogP contribution in [0.3, 0.4) is 0 Å². The van der Waals surface area contributed by atoms with E-state index in [2.05, 4.69) is 11.5 Å². The Hall–Kier alpha value is -1.65. The van der Waals surface area contributed by atoms with E-state index in [1.54, 1.807) is 0 Å². The molecule has 0 aliphatic carbocycles. The lowest BCUT2D eigenvalue weighted by Gasteiger charge is -2.32. The molecule has 4 heteroatoms. The minimum absolute atomic E-state index is 0.0228. The molecule has 0 amide bonds. The van der Waals surface area contributed by atoms with Crippen LogP contribution in [-0.2, 0) is 9.53 Å². The number of likely N-dealkylation sites (tertiary alicyclic amines) is 1. The largest absolute Gasteiger partial charge is 0.466 e. The molecule has 1 saturated heterocycles. The normalized spacial score (nSPS) is 20.6. The molecule has 2 rings (SSSR count). The molecule has 0 spiro atoms. The molecule has 0 bridgehead atoms. The molecule has 2 atom stereocenters. The summed E-state index contributed by atoms with van der Waals surface area (Å²) in [5, 5.41) is 9.75. The van der Waals surface area contributed by atoms with E-state index in [1.807, 2.05) is 30.3 Å². The van der Waals surface area contributed by atoms with E-state index in [0.29, 0.717) is 5.57 Å². The number of aliphatic hydroxyl groups excluding tert-OH is 1. The molecular formula is C16H21NO3. The van der Waals surface area contributed by atoms with Crippen LogP contribution >= 0.6 is 0 Å². The zero-order valence-electron chi connectivity index (χ0n) is 11.8. The average Bonchev–Trinajstić information content (AvgIpc) is 2.97. The molecule has 1 N–H and O–H groups in total. The fourth-order valence-corrected chi connectivity index (χ4v) is 2.88. The lowest BCUT2D eigenvalue weighted by Crippen LogP contribution is -2.38. The van der Waals surface area contributed by atoms with E-state index in [0.717, 1.165) is 24.9 Å². The van der Waals surface area contributed by atoms with Crippen LogP contribution in [0.1, 0.15) is 24.4 Å². The Kier molecular flexibility index (Phi) is 4.93. The summed E-state index contributed by atoms with van der Waals surface area (Å²) in [5.41, 5.74) is 1.53. The first kappa shape index (κ1) is 14.8. The SMILES string of the molecule is C=C(C(=O)OC)[C@H]1CCCN1[C@@H](CO)c1ccccc1. The summed E-state index contributed by atoms with van der Waals surface area (Å²) >= 11 is 0. The van der Waals surface area contributed by atoms with Crippen LogP contribution in [0.2, 0.25) is 0 Å². The number of benzene rings is 1. The minimum Gasteiger partial charge on any atom is -0.466 e. The summed E-state index contributed by atoms with van der Waals surface area (Å²) in [6.45, 7) is 4.74. The van der Waals surface area contributed by atoms with Crippen LogP contribution in [0.15, 0.2) is 42.5 Å². The number of aliphatic hydroxyl groups is 1. The van der Waals surface area contributed by atoms with Gasteiger partial charge in [-0.15, -0.1) is 0 Å². The molecule has 1 heterocycles. The van der Waals surface area contributed by atoms with Crippen molar-refractivity contribution in [2.24, 2.45) is 0 Å². The van der Waals surface area contributed by atoms with E-state index in [4.69, 9.17) is 4.74 Å². The van der Waals surface area contributed by atoms with E-state index in [1.165, 1.54) is 7.11 Å². The fraction of sp³-hybridized carbons (Fsp3) is 0.438. The molecule has 1 aromatic carbocycles. The van der Waals surface area contributed by atoms with Gasteiger partial charge in [0.15, 0.2) is 0 Å². The molecule has 4 nitrogen and oxygen atoms in total. The highest BCUT2D eigenvalue weighted by atomic mass is 16.5. The molecule has 1 aliphatic heterocycles. The Morgan fingerprint density at radius 3 is 2.80 bits per heavy atom. The predicted octanol–water partition coefficient (Wildman–Crippen LogP) is 1.91. The highest BCUT2D eigenvalue weighted by Gasteiger charge is 2.35. The molecule has 0 saturated carbocycles. The van der Waals surface area contributed by atoms with Crippen LogP contribution in [-0.4, -0.2) is 42.3 Å². The van der Waals surface area contributed by atoms with Crippen LogP contribution in [0.25, 0.3) is 0 Å². The van der Waals surface area contributed by atoms with Crippen LogP contribution in [0.5, 0.6) is 0 Å². The van der Waals surface area contributed by atoms with Gasteiger partial charge in [0, 0.05) is 11.6 Å². The fourth-order valence-electron chi connectivity index (χ4n) is 2.88. The smallest absolute Gasteiger partial charge is 0.334 e. The van der Waals surface area contributed by atoms with E-state index in [9.17, 15) is 9.90 Å². The molecule has 0 radical (unpaired) electrons. The van der Waals surface area contributed by atoms with Gasteiger partial charge in [-0.1, -0.05) is 36.9 Å². The number of nitrogens with zero attached hydrogens (tertiary/aromatic N) is 1. The van der Waals surface area contributed by atoms with E-state index < -0.39 is 0 Å². The van der Waals surface area contributed by atoms with Gasteiger partial charge in [-0.3, -0.25) is 4.90 Å². The first-order valence-electron chi connectivity index (χ1n) is 6.87. The second-order valence-corrected chi connectivity index (χ2v) is 5.02. The quantitative estimate of drug-likeness (QED) is 0.659. The maximum absolute atomic E-state index is 11.7. The lowest BCUT2D eigenvalue weighted by molar-refractivity contribution is -0.136. The third-order valence-electron chi connectivity index (χ3n) is 3.90.